The van der Waals surface area contributed by atoms with Crippen molar-refractivity contribution in [1.82, 2.24) is 34.9 Å². The number of carbonyl (C=O) groups excluding carboxylic acids is 4. The number of nitrogens with zero attached hydrogens (tertiary/aromatic N) is 5. The van der Waals surface area contributed by atoms with Crippen molar-refractivity contribution < 1.29 is 46.6 Å². The van der Waals surface area contributed by atoms with E-state index in [2.05, 4.69) is 20.5 Å². The number of aromatic nitrogens is 2. The molecule has 3 aliphatic heterocycles. The van der Waals surface area contributed by atoms with Gasteiger partial charge < -0.3 is 34.8 Å². The molecule has 0 saturated carbocycles. The molecule has 3 N–H and O–H groups in total. The van der Waals surface area contributed by atoms with Crippen molar-refractivity contribution in [1.29, 1.82) is 0 Å². The summed E-state index contributed by atoms with van der Waals surface area (Å²) in [5, 5.41) is 16.1. The van der Waals surface area contributed by atoms with Crippen molar-refractivity contribution in [2.45, 2.75) is 88.8 Å². The Morgan fingerprint density at radius 1 is 0.923 bits per heavy atom. The summed E-state index contributed by atoms with van der Waals surface area (Å²) in [6, 6.07) is 12.7. The van der Waals surface area contributed by atoms with E-state index in [1.807, 2.05) is 11.6 Å². The van der Waals surface area contributed by atoms with Gasteiger partial charge in [-0.25, -0.2) is 9.37 Å². The Bertz CT molecular complexity index is 2380. The molecule has 4 atom stereocenters. The van der Waals surface area contributed by atoms with Crippen LogP contribution >= 0.6 is 23.2 Å². The van der Waals surface area contributed by atoms with Gasteiger partial charge in [-0.2, -0.15) is 13.2 Å². The van der Waals surface area contributed by atoms with E-state index >= 15 is 4.39 Å². The summed E-state index contributed by atoms with van der Waals surface area (Å²) >= 11 is 12.4. The number of fused-ring (bicyclic) bond motifs is 2. The van der Waals surface area contributed by atoms with Gasteiger partial charge in [-0.3, -0.25) is 24.1 Å². The number of piperidine rings is 1. The van der Waals surface area contributed by atoms with Gasteiger partial charge in [-0.05, 0) is 106 Å². The van der Waals surface area contributed by atoms with E-state index < -0.39 is 85.2 Å². The van der Waals surface area contributed by atoms with Gasteiger partial charge in [0.1, 0.15) is 35.2 Å². The smallest absolute Gasteiger partial charge is 0.389 e. The third kappa shape index (κ3) is 11.6. The van der Waals surface area contributed by atoms with Crippen LogP contribution in [0.15, 0.2) is 66.9 Å². The molecule has 1 aromatic heterocycles. The molecule has 3 aromatic carbocycles. The molecule has 7 rings (SSSR count). The lowest BCUT2D eigenvalue weighted by molar-refractivity contribution is -0.164. The van der Waals surface area contributed by atoms with Crippen LogP contribution in [-0.2, 0) is 45.7 Å². The zero-order valence-electron chi connectivity index (χ0n) is 36.0. The standard InChI is InChI=1S/C46H51Cl2F4N7O6/c1-28-42(62)54-37(26-60)43(63)55-45(21-29-6-10-32(47)11-7-29)14-5-17-58(27-45)44(64)31(22-46(50,51)52)18-41(61)59(28)24-35-36(49)19-33(48)20-39(35)65-34-12-8-30(9-13-34)38-23-53-40(56(38)2)25-57-15-3-4-16-57/h6-13,19-20,23,28,31,37,60H,3-5,14-18,21-22,24-27H2,1-2H3,(H,54,62)(H,55,63)/t28-,31-,37-,45+/m0/s1. The van der Waals surface area contributed by atoms with Gasteiger partial charge in [-0.15, -0.1) is 0 Å². The summed E-state index contributed by atoms with van der Waals surface area (Å²) in [7, 11) is 1.94. The first kappa shape index (κ1) is 47.7. The summed E-state index contributed by atoms with van der Waals surface area (Å²) in [4.78, 5) is 65.6. The maximum absolute atomic E-state index is 16.1. The van der Waals surface area contributed by atoms with E-state index in [-0.39, 0.29) is 48.0 Å². The van der Waals surface area contributed by atoms with Crippen molar-refractivity contribution in [2.24, 2.45) is 13.0 Å². The van der Waals surface area contributed by atoms with E-state index in [4.69, 9.17) is 27.9 Å². The monoisotopic (exact) mass is 943 g/mol. The number of ether oxygens (including phenoxy) is 1. The van der Waals surface area contributed by atoms with E-state index in [0.717, 1.165) is 60.5 Å². The third-order valence-electron chi connectivity index (χ3n) is 12.4. The highest BCUT2D eigenvalue weighted by molar-refractivity contribution is 6.31. The van der Waals surface area contributed by atoms with Crippen LogP contribution in [0.4, 0.5) is 17.6 Å². The molecule has 3 saturated heterocycles. The number of likely N-dealkylation sites (tertiary alicyclic amines) is 1. The van der Waals surface area contributed by atoms with E-state index in [1.165, 1.54) is 17.9 Å². The maximum Gasteiger partial charge on any atom is 0.389 e. The number of aliphatic hydroxyl groups is 1. The number of halogens is 6. The number of carbonyl (C=O) groups is 4. The van der Waals surface area contributed by atoms with Crippen molar-refractivity contribution in [2.75, 3.05) is 32.8 Å². The summed E-state index contributed by atoms with van der Waals surface area (Å²) in [5.41, 5.74) is 0.867. The quantitative estimate of drug-likeness (QED) is 0.139. The highest BCUT2D eigenvalue weighted by atomic mass is 35.5. The average Bonchev–Trinajstić information content (AvgIpc) is 3.91. The highest BCUT2D eigenvalue weighted by Gasteiger charge is 2.45. The number of alkyl halides is 3. The molecule has 0 radical (unpaired) electrons. The lowest BCUT2D eigenvalue weighted by Gasteiger charge is -2.45. The molecule has 348 valence electrons. The fourth-order valence-corrected chi connectivity index (χ4v) is 9.27. The Morgan fingerprint density at radius 2 is 1.63 bits per heavy atom. The van der Waals surface area contributed by atoms with Crippen LogP contribution in [0, 0.1) is 11.7 Å². The second kappa shape index (κ2) is 20.1. The summed E-state index contributed by atoms with van der Waals surface area (Å²) in [6.07, 6.45) is -2.75. The van der Waals surface area contributed by atoms with Crippen LogP contribution in [0.5, 0.6) is 11.5 Å². The molecule has 4 heterocycles. The molecule has 0 spiro atoms. The number of imidazole rings is 1. The van der Waals surface area contributed by atoms with Crippen molar-refractivity contribution >= 4 is 46.8 Å². The number of benzene rings is 3. The van der Waals surface area contributed by atoms with Crippen LogP contribution in [0.2, 0.25) is 10.0 Å². The molecule has 0 unspecified atom stereocenters. The molecule has 2 bridgehead atoms. The normalized spacial score (nSPS) is 22.8. The van der Waals surface area contributed by atoms with Crippen molar-refractivity contribution in [3.8, 4) is 22.8 Å². The average molecular weight is 945 g/mol. The van der Waals surface area contributed by atoms with Gasteiger partial charge in [0.15, 0.2) is 0 Å². The summed E-state index contributed by atoms with van der Waals surface area (Å²) < 4.78 is 67.1. The molecule has 19 heteroatoms. The first-order valence-corrected chi connectivity index (χ1v) is 22.3. The van der Waals surface area contributed by atoms with Gasteiger partial charge >= 0.3 is 6.18 Å². The van der Waals surface area contributed by atoms with E-state index in [1.54, 1.807) is 54.7 Å². The fraction of sp³-hybridized carbons (Fsp3) is 0.457. The predicted octanol–water partition coefficient (Wildman–Crippen LogP) is 6.81. The van der Waals surface area contributed by atoms with Crippen LogP contribution in [0.25, 0.3) is 11.3 Å². The lowest BCUT2D eigenvalue weighted by atomic mass is 9.82. The van der Waals surface area contributed by atoms with Gasteiger partial charge in [-0.1, -0.05) is 35.3 Å². The number of hydrogen-bond donors (Lipinski definition) is 3. The highest BCUT2D eigenvalue weighted by Crippen LogP contribution is 2.36. The maximum atomic E-state index is 16.1. The molecule has 0 aliphatic carbocycles. The predicted molar refractivity (Wildman–Crippen MR) is 234 cm³/mol. The molecule has 4 amide bonds. The van der Waals surface area contributed by atoms with Crippen LogP contribution in [0.1, 0.15) is 62.4 Å². The van der Waals surface area contributed by atoms with Gasteiger partial charge in [0.05, 0.1) is 49.5 Å². The molecule has 3 fully saturated rings. The van der Waals surface area contributed by atoms with Crippen LogP contribution in [-0.4, -0.2) is 110 Å². The first-order chi connectivity index (χ1) is 30.9. The van der Waals surface area contributed by atoms with Crippen molar-refractivity contribution in [3.05, 3.63) is 99.7 Å². The third-order valence-corrected chi connectivity index (χ3v) is 12.9. The molecular formula is C46H51Cl2F4N7O6. The Kier molecular flexibility index (Phi) is 14.8. The first-order valence-electron chi connectivity index (χ1n) is 21.5. The van der Waals surface area contributed by atoms with Gasteiger partial charge in [0, 0.05) is 47.7 Å². The van der Waals surface area contributed by atoms with Crippen LogP contribution < -0.4 is 15.4 Å². The Morgan fingerprint density at radius 3 is 2.31 bits per heavy atom. The number of rotatable bonds is 11. The van der Waals surface area contributed by atoms with Gasteiger partial charge in [0.25, 0.3) is 0 Å². The number of aliphatic hydroxyl groups excluding tert-OH is 1. The van der Waals surface area contributed by atoms with E-state index in [9.17, 15) is 37.5 Å². The molecule has 13 nitrogen and oxygen atoms in total. The minimum absolute atomic E-state index is 0.0411. The summed E-state index contributed by atoms with van der Waals surface area (Å²) in [6.45, 7) is 2.23. The largest absolute Gasteiger partial charge is 0.457 e. The number of hydrogen-bond acceptors (Lipinski definition) is 8. The van der Waals surface area contributed by atoms with Gasteiger partial charge in [0.2, 0.25) is 23.6 Å². The molecule has 3 aliphatic rings. The fourth-order valence-electron chi connectivity index (χ4n) is 8.95. The zero-order valence-corrected chi connectivity index (χ0v) is 37.5. The van der Waals surface area contributed by atoms with Crippen LogP contribution in [0.3, 0.4) is 0 Å². The SMILES string of the molecule is C[C@H]1C(=O)N[C@@H](CO)C(=O)N[C@@]2(Cc3ccc(Cl)cc3)CCCN(C2)C(=O)[C@H](CC(F)(F)F)CC(=O)N1Cc1c(F)cc(Cl)cc1Oc1ccc(-c2cnc(CN3CCCC3)n2C)cc1. The minimum atomic E-state index is -4.88. The van der Waals surface area contributed by atoms with E-state index in [0.29, 0.717) is 17.0 Å². The Balaban J connectivity index is 1.19. The Labute approximate surface area is 384 Å². The summed E-state index contributed by atoms with van der Waals surface area (Å²) in [5.74, 6) is -5.74. The zero-order chi connectivity index (χ0) is 46.6. The Hall–Kier alpha value is -5.23. The topological polar surface area (TPSA) is 149 Å². The number of amides is 4. The minimum Gasteiger partial charge on any atom is -0.457 e. The number of nitrogens with one attached hydrogen (secondary N) is 2. The second-order valence-electron chi connectivity index (χ2n) is 17.2. The lowest BCUT2D eigenvalue weighted by Crippen LogP contribution is -2.65. The van der Waals surface area contributed by atoms with Crippen molar-refractivity contribution in [3.63, 3.8) is 0 Å². The molecular weight excluding hydrogens is 893 g/mol. The second-order valence-corrected chi connectivity index (χ2v) is 18.1. The molecule has 4 aromatic rings. The molecule has 65 heavy (non-hydrogen) atoms.